The second-order valence-electron chi connectivity index (χ2n) is 8.13. The molecule has 8 nitrogen and oxygen atoms in total. The number of hydrogen-bond donors (Lipinski definition) is 1. The highest BCUT2D eigenvalue weighted by molar-refractivity contribution is 5.97. The molecule has 1 aliphatic rings. The summed E-state index contributed by atoms with van der Waals surface area (Å²) in [6.07, 6.45) is 7.60. The first-order valence-electron chi connectivity index (χ1n) is 11.6. The van der Waals surface area contributed by atoms with E-state index in [1.54, 1.807) is 10.9 Å². The van der Waals surface area contributed by atoms with Gasteiger partial charge >= 0.3 is 0 Å². The Bertz CT molecular complexity index is 1040. The van der Waals surface area contributed by atoms with Gasteiger partial charge in [0, 0.05) is 51.2 Å². The van der Waals surface area contributed by atoms with Crippen molar-refractivity contribution in [2.24, 2.45) is 5.92 Å². The van der Waals surface area contributed by atoms with E-state index in [4.69, 9.17) is 4.74 Å². The van der Waals surface area contributed by atoms with Gasteiger partial charge in [0.25, 0.3) is 5.91 Å². The predicted molar refractivity (Wildman–Crippen MR) is 126 cm³/mol. The molecule has 1 saturated heterocycles. The molecule has 0 atom stereocenters. The lowest BCUT2D eigenvalue weighted by atomic mass is 9.95. The first kappa shape index (κ1) is 22.8. The molecule has 1 N–H and O–H groups in total. The number of nitrogens with zero attached hydrogens (tertiary/aromatic N) is 4. The lowest BCUT2D eigenvalue weighted by Gasteiger charge is -2.31. The largest absolute Gasteiger partial charge is 0.382 e. The summed E-state index contributed by atoms with van der Waals surface area (Å²) in [5, 5.41) is 7.53. The normalized spacial score (nSPS) is 14.4. The number of carbonyl (C=O) groups excluding carboxylic acids is 2. The van der Waals surface area contributed by atoms with Crippen LogP contribution in [-0.2, 0) is 9.53 Å². The molecule has 2 amide bonds. The van der Waals surface area contributed by atoms with Crippen molar-refractivity contribution in [1.82, 2.24) is 24.6 Å². The lowest BCUT2D eigenvalue weighted by molar-refractivity contribution is -0.126. The average Bonchev–Trinajstić information content (AvgIpc) is 3.54. The Balaban J connectivity index is 1.42. The summed E-state index contributed by atoms with van der Waals surface area (Å²) in [4.78, 5) is 27.8. The molecule has 33 heavy (non-hydrogen) atoms. The van der Waals surface area contributed by atoms with Crippen molar-refractivity contribution in [1.29, 1.82) is 0 Å². The Morgan fingerprint density at radius 3 is 2.52 bits per heavy atom. The number of benzene rings is 1. The molecule has 1 aliphatic heterocycles. The standard InChI is InChI=1S/C25H31N5O3/c1-2-33-18-8-13-26-23(31)20-11-16-29(17-12-20)25(32)22-19-27-30(21-9-4-3-5-10-21)24(22)28-14-6-7-15-28/h3-7,9-10,14-15,19-20H,2,8,11-13,16-18H2,1H3,(H,26,31). The Morgan fingerprint density at radius 2 is 1.82 bits per heavy atom. The predicted octanol–water partition coefficient (Wildman–Crippen LogP) is 3.06. The van der Waals surface area contributed by atoms with Gasteiger partial charge in [0.05, 0.1) is 11.9 Å². The van der Waals surface area contributed by atoms with Crippen molar-refractivity contribution in [2.45, 2.75) is 26.2 Å². The van der Waals surface area contributed by atoms with E-state index >= 15 is 0 Å². The second-order valence-corrected chi connectivity index (χ2v) is 8.13. The van der Waals surface area contributed by atoms with E-state index in [9.17, 15) is 9.59 Å². The molecule has 4 rings (SSSR count). The molecule has 0 saturated carbocycles. The molecule has 0 bridgehead atoms. The molecular weight excluding hydrogens is 418 g/mol. The quantitative estimate of drug-likeness (QED) is 0.509. The van der Waals surface area contributed by atoms with Gasteiger partial charge < -0.3 is 19.5 Å². The van der Waals surface area contributed by atoms with E-state index in [1.807, 2.05) is 71.2 Å². The highest BCUT2D eigenvalue weighted by atomic mass is 16.5. The van der Waals surface area contributed by atoms with Crippen LogP contribution in [0.25, 0.3) is 11.5 Å². The van der Waals surface area contributed by atoms with Crippen LogP contribution in [0, 0.1) is 5.92 Å². The molecule has 1 aromatic carbocycles. The van der Waals surface area contributed by atoms with Gasteiger partial charge in [-0.2, -0.15) is 5.10 Å². The second kappa shape index (κ2) is 11.0. The number of ether oxygens (including phenoxy) is 1. The third-order valence-corrected chi connectivity index (χ3v) is 5.95. The number of nitrogens with one attached hydrogen (secondary N) is 1. The van der Waals surface area contributed by atoms with Gasteiger partial charge in [-0.05, 0) is 50.5 Å². The fourth-order valence-corrected chi connectivity index (χ4v) is 4.16. The summed E-state index contributed by atoms with van der Waals surface area (Å²) in [7, 11) is 0. The molecule has 3 aromatic rings. The molecule has 8 heteroatoms. The summed E-state index contributed by atoms with van der Waals surface area (Å²) in [6, 6.07) is 13.6. The number of aromatic nitrogens is 3. The zero-order valence-corrected chi connectivity index (χ0v) is 19.0. The van der Waals surface area contributed by atoms with E-state index in [1.165, 1.54) is 0 Å². The minimum absolute atomic E-state index is 0.0582. The minimum Gasteiger partial charge on any atom is -0.382 e. The molecule has 0 radical (unpaired) electrons. The zero-order valence-electron chi connectivity index (χ0n) is 19.0. The van der Waals surface area contributed by atoms with Gasteiger partial charge in [-0.1, -0.05) is 18.2 Å². The molecule has 0 aliphatic carbocycles. The monoisotopic (exact) mass is 449 g/mol. The Labute approximate surface area is 194 Å². The number of likely N-dealkylation sites (tertiary alicyclic amines) is 1. The van der Waals surface area contributed by atoms with Crippen LogP contribution in [0.3, 0.4) is 0 Å². The van der Waals surface area contributed by atoms with Gasteiger partial charge in [0.15, 0.2) is 5.82 Å². The van der Waals surface area contributed by atoms with E-state index in [2.05, 4.69) is 10.4 Å². The molecule has 1 fully saturated rings. The summed E-state index contributed by atoms with van der Waals surface area (Å²) in [5.41, 5.74) is 1.44. The van der Waals surface area contributed by atoms with Gasteiger partial charge in [-0.25, -0.2) is 4.68 Å². The Hall–Kier alpha value is -3.39. The number of carbonyl (C=O) groups is 2. The molecule has 2 aromatic heterocycles. The summed E-state index contributed by atoms with van der Waals surface area (Å²) >= 11 is 0. The lowest BCUT2D eigenvalue weighted by Crippen LogP contribution is -2.43. The highest BCUT2D eigenvalue weighted by Gasteiger charge is 2.30. The van der Waals surface area contributed by atoms with E-state index in [0.29, 0.717) is 57.1 Å². The van der Waals surface area contributed by atoms with Crippen LogP contribution in [0.15, 0.2) is 61.1 Å². The van der Waals surface area contributed by atoms with Crippen LogP contribution < -0.4 is 5.32 Å². The Kier molecular flexibility index (Phi) is 7.57. The minimum atomic E-state index is -0.0588. The smallest absolute Gasteiger partial charge is 0.259 e. The highest BCUT2D eigenvalue weighted by Crippen LogP contribution is 2.24. The summed E-state index contributed by atoms with van der Waals surface area (Å²) in [5.74, 6) is 0.669. The third-order valence-electron chi connectivity index (χ3n) is 5.95. The number of amides is 2. The van der Waals surface area contributed by atoms with Crippen LogP contribution in [0.4, 0.5) is 0 Å². The van der Waals surface area contributed by atoms with Crippen LogP contribution in [0.5, 0.6) is 0 Å². The van der Waals surface area contributed by atoms with Crippen LogP contribution in [-0.4, -0.2) is 63.9 Å². The van der Waals surface area contributed by atoms with Gasteiger partial charge in [0.1, 0.15) is 5.56 Å². The third kappa shape index (κ3) is 5.34. The average molecular weight is 450 g/mol. The first-order chi connectivity index (χ1) is 16.2. The maximum absolute atomic E-state index is 13.5. The van der Waals surface area contributed by atoms with Crippen LogP contribution >= 0.6 is 0 Å². The maximum atomic E-state index is 13.5. The molecule has 3 heterocycles. The SMILES string of the molecule is CCOCCCNC(=O)C1CCN(C(=O)c2cnn(-c3ccccc3)c2-n2cccc2)CC1. The van der Waals surface area contributed by atoms with E-state index in [0.717, 1.165) is 12.1 Å². The van der Waals surface area contributed by atoms with Crippen LogP contribution in [0.1, 0.15) is 36.5 Å². The Morgan fingerprint density at radius 1 is 1.09 bits per heavy atom. The van der Waals surface area contributed by atoms with Gasteiger partial charge in [-0.15, -0.1) is 0 Å². The summed E-state index contributed by atoms with van der Waals surface area (Å²) < 4.78 is 9.01. The fraction of sp³-hybridized carbons (Fsp3) is 0.400. The molecular formula is C25H31N5O3. The molecule has 0 spiro atoms. The maximum Gasteiger partial charge on any atom is 0.259 e. The molecule has 174 valence electrons. The number of hydrogen-bond acceptors (Lipinski definition) is 4. The van der Waals surface area contributed by atoms with Crippen molar-refractivity contribution < 1.29 is 14.3 Å². The fourth-order valence-electron chi connectivity index (χ4n) is 4.16. The van der Waals surface area contributed by atoms with Gasteiger partial charge in [0.2, 0.25) is 5.91 Å². The zero-order chi connectivity index (χ0) is 23.0. The van der Waals surface area contributed by atoms with Gasteiger partial charge in [-0.3, -0.25) is 9.59 Å². The molecule has 0 unspecified atom stereocenters. The van der Waals surface area contributed by atoms with Crippen molar-refractivity contribution in [3.8, 4) is 11.5 Å². The van der Waals surface area contributed by atoms with Crippen LogP contribution in [0.2, 0.25) is 0 Å². The topological polar surface area (TPSA) is 81.4 Å². The number of piperidine rings is 1. The van der Waals surface area contributed by atoms with Crippen molar-refractivity contribution >= 4 is 11.8 Å². The van der Waals surface area contributed by atoms with E-state index in [-0.39, 0.29) is 17.7 Å². The van der Waals surface area contributed by atoms with Crippen molar-refractivity contribution in [3.05, 3.63) is 66.6 Å². The first-order valence-corrected chi connectivity index (χ1v) is 11.6. The summed E-state index contributed by atoms with van der Waals surface area (Å²) in [6.45, 7) is 5.04. The van der Waals surface area contributed by atoms with Crippen molar-refractivity contribution in [2.75, 3.05) is 32.8 Å². The number of rotatable bonds is 9. The van der Waals surface area contributed by atoms with Crippen molar-refractivity contribution in [3.63, 3.8) is 0 Å². The number of para-hydroxylation sites is 1. The van der Waals surface area contributed by atoms with E-state index < -0.39 is 0 Å².